The van der Waals surface area contributed by atoms with E-state index in [1.54, 1.807) is 6.92 Å². The molecule has 40 heavy (non-hydrogen) atoms. The average Bonchev–Trinajstić information content (AvgIpc) is 3.49. The Morgan fingerprint density at radius 3 is 2.40 bits per heavy atom. The summed E-state index contributed by atoms with van der Waals surface area (Å²) < 4.78 is 52.0. The van der Waals surface area contributed by atoms with Gasteiger partial charge in [0, 0.05) is 25.4 Å². The van der Waals surface area contributed by atoms with E-state index in [1.807, 2.05) is 30.3 Å². The second-order valence-corrected chi connectivity index (χ2v) is 11.1. The highest BCUT2D eigenvalue weighted by atomic mass is 32.2. The third kappa shape index (κ3) is 8.03. The number of nitrogens with one attached hydrogen (secondary N) is 2. The van der Waals surface area contributed by atoms with Gasteiger partial charge in [-0.15, -0.1) is 0 Å². The molecule has 1 fully saturated rings. The van der Waals surface area contributed by atoms with Gasteiger partial charge in [-0.3, -0.25) is 14.3 Å². The van der Waals surface area contributed by atoms with Gasteiger partial charge in [-0.1, -0.05) is 30.3 Å². The number of carbonyl (C=O) groups is 2. The molecule has 0 saturated carbocycles. The maximum Gasteiger partial charge on any atom is 0.261 e. The number of anilines is 1. The molecule has 2 N–H and O–H groups in total. The molecule has 0 aliphatic carbocycles. The van der Waals surface area contributed by atoms with Crippen LogP contribution in [-0.4, -0.2) is 57.0 Å². The summed E-state index contributed by atoms with van der Waals surface area (Å²) in [6.45, 7) is 2.60. The number of hydrogen-bond donors (Lipinski definition) is 2. The third-order valence-corrected chi connectivity index (χ3v) is 7.88. The summed E-state index contributed by atoms with van der Waals surface area (Å²) in [6, 6.07) is 19.1. The predicted molar refractivity (Wildman–Crippen MR) is 148 cm³/mol. The van der Waals surface area contributed by atoms with Crippen molar-refractivity contribution in [2.24, 2.45) is 0 Å². The van der Waals surface area contributed by atoms with Gasteiger partial charge in [0.05, 0.1) is 11.0 Å². The number of benzene rings is 3. The standard InChI is InChI=1S/C29H32FN3O6S/c1-21(29(35)31-18-26-8-5-17-38-26)33(19-22-6-3-2-4-7-22)28(34)20-39-25-13-15-27(16-14-25)40(36,37)32-24-11-9-23(30)10-12-24/h2-4,6-7,9-16,21,26,32H,5,8,17-20H2,1H3,(H,31,35). The summed E-state index contributed by atoms with van der Waals surface area (Å²) in [6.07, 6.45) is 1.83. The van der Waals surface area contributed by atoms with Gasteiger partial charge in [0.2, 0.25) is 5.91 Å². The fourth-order valence-corrected chi connectivity index (χ4v) is 5.26. The normalized spacial score (nSPS) is 15.7. The maximum atomic E-state index is 13.2. The molecule has 0 bridgehead atoms. The molecule has 1 heterocycles. The molecule has 212 valence electrons. The zero-order chi connectivity index (χ0) is 28.5. The van der Waals surface area contributed by atoms with Crippen molar-refractivity contribution >= 4 is 27.5 Å². The molecule has 9 nitrogen and oxygen atoms in total. The molecular weight excluding hydrogens is 537 g/mol. The van der Waals surface area contributed by atoms with E-state index in [9.17, 15) is 22.4 Å². The van der Waals surface area contributed by atoms with Crippen molar-refractivity contribution in [3.05, 3.63) is 90.2 Å². The van der Waals surface area contributed by atoms with E-state index in [0.717, 1.165) is 30.5 Å². The predicted octanol–water partition coefficient (Wildman–Crippen LogP) is 3.72. The molecule has 0 spiro atoms. The first-order chi connectivity index (χ1) is 19.2. The zero-order valence-corrected chi connectivity index (χ0v) is 22.9. The number of halogens is 1. The molecular formula is C29H32FN3O6S. The number of nitrogens with zero attached hydrogens (tertiary/aromatic N) is 1. The first kappa shape index (κ1) is 29.0. The lowest BCUT2D eigenvalue weighted by molar-refractivity contribution is -0.142. The van der Waals surface area contributed by atoms with Gasteiger partial charge < -0.3 is 19.7 Å². The summed E-state index contributed by atoms with van der Waals surface area (Å²) in [5, 5.41) is 2.88. The van der Waals surface area contributed by atoms with Crippen LogP contribution in [0.2, 0.25) is 0 Å². The summed E-state index contributed by atoms with van der Waals surface area (Å²) >= 11 is 0. The quantitative estimate of drug-likeness (QED) is 0.344. The van der Waals surface area contributed by atoms with Crippen molar-refractivity contribution < 1.29 is 31.9 Å². The van der Waals surface area contributed by atoms with Crippen molar-refractivity contribution in [2.45, 2.75) is 43.4 Å². The number of amides is 2. The first-order valence-corrected chi connectivity index (χ1v) is 14.4. The van der Waals surface area contributed by atoms with E-state index in [4.69, 9.17) is 9.47 Å². The van der Waals surface area contributed by atoms with Crippen LogP contribution in [0.15, 0.2) is 83.8 Å². The number of ether oxygens (including phenoxy) is 2. The van der Waals surface area contributed by atoms with Crippen LogP contribution < -0.4 is 14.8 Å². The second kappa shape index (κ2) is 13.4. The monoisotopic (exact) mass is 569 g/mol. The highest BCUT2D eigenvalue weighted by molar-refractivity contribution is 7.92. The van der Waals surface area contributed by atoms with Crippen LogP contribution in [-0.2, 0) is 30.9 Å². The zero-order valence-electron chi connectivity index (χ0n) is 22.1. The maximum absolute atomic E-state index is 13.2. The third-order valence-electron chi connectivity index (χ3n) is 6.48. The molecule has 1 saturated heterocycles. The highest BCUT2D eigenvalue weighted by Gasteiger charge is 2.27. The number of carbonyl (C=O) groups excluding carboxylic acids is 2. The Labute approximate surface area is 233 Å². The molecule has 4 rings (SSSR count). The minimum atomic E-state index is -3.91. The number of rotatable bonds is 12. The Balaban J connectivity index is 1.38. The first-order valence-electron chi connectivity index (χ1n) is 13.0. The van der Waals surface area contributed by atoms with E-state index in [0.29, 0.717) is 13.2 Å². The van der Waals surface area contributed by atoms with Gasteiger partial charge in [-0.2, -0.15) is 0 Å². The van der Waals surface area contributed by atoms with Gasteiger partial charge in [-0.25, -0.2) is 12.8 Å². The van der Waals surface area contributed by atoms with Crippen LogP contribution >= 0.6 is 0 Å². The number of sulfonamides is 1. The fourth-order valence-electron chi connectivity index (χ4n) is 4.21. The Hall–Kier alpha value is -3.96. The van der Waals surface area contributed by atoms with E-state index in [1.165, 1.54) is 41.3 Å². The minimum Gasteiger partial charge on any atom is -0.484 e. The summed E-state index contributed by atoms with van der Waals surface area (Å²) in [7, 11) is -3.91. The lowest BCUT2D eigenvalue weighted by atomic mass is 10.1. The largest absolute Gasteiger partial charge is 0.484 e. The molecule has 3 aromatic carbocycles. The second-order valence-electron chi connectivity index (χ2n) is 9.44. The van der Waals surface area contributed by atoms with Crippen LogP contribution in [0.3, 0.4) is 0 Å². The molecule has 2 amide bonds. The molecule has 3 aromatic rings. The molecule has 0 aromatic heterocycles. The van der Waals surface area contributed by atoms with Crippen LogP contribution in [0, 0.1) is 5.82 Å². The van der Waals surface area contributed by atoms with Gasteiger partial charge in [0.25, 0.3) is 15.9 Å². The minimum absolute atomic E-state index is 0.0181. The lowest BCUT2D eigenvalue weighted by Gasteiger charge is -2.29. The molecule has 2 atom stereocenters. The van der Waals surface area contributed by atoms with Gasteiger partial charge in [0.15, 0.2) is 6.61 Å². The molecule has 1 aliphatic heterocycles. The van der Waals surface area contributed by atoms with E-state index >= 15 is 0 Å². The summed E-state index contributed by atoms with van der Waals surface area (Å²) in [4.78, 5) is 27.6. The van der Waals surface area contributed by atoms with E-state index in [-0.39, 0.29) is 41.5 Å². The fraction of sp³-hybridized carbons (Fsp3) is 0.310. The average molecular weight is 570 g/mol. The summed E-state index contributed by atoms with van der Waals surface area (Å²) in [5.41, 5.74) is 1.08. The van der Waals surface area contributed by atoms with E-state index in [2.05, 4.69) is 10.0 Å². The van der Waals surface area contributed by atoms with Crippen molar-refractivity contribution in [1.29, 1.82) is 0 Å². The Morgan fingerprint density at radius 1 is 1.05 bits per heavy atom. The molecule has 2 unspecified atom stereocenters. The topological polar surface area (TPSA) is 114 Å². The molecule has 1 aliphatic rings. The van der Waals surface area contributed by atoms with E-state index < -0.39 is 27.8 Å². The Morgan fingerprint density at radius 2 is 1.75 bits per heavy atom. The molecule has 11 heteroatoms. The van der Waals surface area contributed by atoms with Crippen molar-refractivity contribution in [3.63, 3.8) is 0 Å². The smallest absolute Gasteiger partial charge is 0.261 e. The van der Waals surface area contributed by atoms with Crippen LogP contribution in [0.4, 0.5) is 10.1 Å². The van der Waals surface area contributed by atoms with Crippen molar-refractivity contribution in [1.82, 2.24) is 10.2 Å². The Bertz CT molecular complexity index is 1380. The Kier molecular flexibility index (Phi) is 9.73. The van der Waals surface area contributed by atoms with Crippen LogP contribution in [0.5, 0.6) is 5.75 Å². The highest BCUT2D eigenvalue weighted by Crippen LogP contribution is 2.20. The van der Waals surface area contributed by atoms with Crippen LogP contribution in [0.1, 0.15) is 25.3 Å². The van der Waals surface area contributed by atoms with Crippen molar-refractivity contribution in [3.8, 4) is 5.75 Å². The molecule has 0 radical (unpaired) electrons. The SMILES string of the molecule is CC(C(=O)NCC1CCCO1)N(Cc1ccccc1)C(=O)COc1ccc(S(=O)(=O)Nc2ccc(F)cc2)cc1. The van der Waals surface area contributed by atoms with Gasteiger partial charge in [0.1, 0.15) is 17.6 Å². The van der Waals surface area contributed by atoms with Gasteiger partial charge in [-0.05, 0) is 73.9 Å². The lowest BCUT2D eigenvalue weighted by Crippen LogP contribution is -2.50. The van der Waals surface area contributed by atoms with Crippen molar-refractivity contribution in [2.75, 3.05) is 24.5 Å². The summed E-state index contributed by atoms with van der Waals surface area (Å²) in [5.74, 6) is -0.888. The van der Waals surface area contributed by atoms with Gasteiger partial charge >= 0.3 is 0 Å². The van der Waals surface area contributed by atoms with Crippen LogP contribution in [0.25, 0.3) is 0 Å². The number of hydrogen-bond acceptors (Lipinski definition) is 6.